The molecule has 110 valence electrons. The van der Waals surface area contributed by atoms with Gasteiger partial charge in [0.05, 0.1) is 10.5 Å². The molecule has 1 aromatic heterocycles. The molecule has 1 N–H and O–H groups in total. The predicted octanol–water partition coefficient (Wildman–Crippen LogP) is 3.90. The molecule has 0 fully saturated rings. The van der Waals surface area contributed by atoms with Crippen LogP contribution in [-0.2, 0) is 0 Å². The van der Waals surface area contributed by atoms with Crippen molar-refractivity contribution in [1.82, 2.24) is 9.97 Å². The fraction of sp³-hybridized carbons (Fsp3) is 0.267. The average Bonchev–Trinajstić information content (AvgIpc) is 2.40. The van der Waals surface area contributed by atoms with Crippen molar-refractivity contribution in [2.24, 2.45) is 0 Å². The number of carbonyl (C=O) groups is 1. The zero-order valence-corrected chi connectivity index (χ0v) is 12.7. The smallest absolute Gasteiger partial charge is 0.335 e. The molecule has 2 aromatic rings. The predicted molar refractivity (Wildman–Crippen MR) is 78.3 cm³/mol. The summed E-state index contributed by atoms with van der Waals surface area (Å²) in [4.78, 5) is 19.9. The van der Waals surface area contributed by atoms with Crippen LogP contribution in [0.4, 0.5) is 4.39 Å². The Morgan fingerprint density at radius 3 is 2.62 bits per heavy atom. The second-order valence-corrected chi connectivity index (χ2v) is 5.98. The number of halogens is 1. The summed E-state index contributed by atoms with van der Waals surface area (Å²) >= 11 is 1.10. The highest BCUT2D eigenvalue weighted by Gasteiger charge is 2.12. The van der Waals surface area contributed by atoms with E-state index >= 15 is 0 Å². The van der Waals surface area contributed by atoms with Crippen LogP contribution in [0, 0.1) is 12.7 Å². The van der Waals surface area contributed by atoms with E-state index in [1.807, 2.05) is 20.8 Å². The highest BCUT2D eigenvalue weighted by molar-refractivity contribution is 7.99. The summed E-state index contributed by atoms with van der Waals surface area (Å²) in [5, 5.41) is 9.57. The first-order valence-electron chi connectivity index (χ1n) is 6.43. The van der Waals surface area contributed by atoms with Crippen molar-refractivity contribution in [3.63, 3.8) is 0 Å². The Hall–Kier alpha value is -1.95. The summed E-state index contributed by atoms with van der Waals surface area (Å²) in [5.41, 5.74) is 0.847. The van der Waals surface area contributed by atoms with Gasteiger partial charge in [-0.2, -0.15) is 0 Å². The van der Waals surface area contributed by atoms with E-state index in [2.05, 4.69) is 9.97 Å². The molecule has 0 bridgehead atoms. The number of aryl methyl sites for hydroxylation is 1. The van der Waals surface area contributed by atoms with Crippen molar-refractivity contribution in [2.75, 3.05) is 0 Å². The van der Waals surface area contributed by atoms with E-state index in [1.54, 1.807) is 6.07 Å². The molecule has 0 spiro atoms. The second-order valence-electron chi connectivity index (χ2n) is 4.91. The lowest BCUT2D eigenvalue weighted by atomic mass is 10.2. The summed E-state index contributed by atoms with van der Waals surface area (Å²) in [6.45, 7) is 5.81. The third-order valence-electron chi connectivity index (χ3n) is 2.76. The molecule has 1 heterocycles. The summed E-state index contributed by atoms with van der Waals surface area (Å²) in [7, 11) is 0. The molecule has 0 unspecified atom stereocenters. The van der Waals surface area contributed by atoms with Crippen molar-refractivity contribution in [2.45, 2.75) is 36.6 Å². The lowest BCUT2D eigenvalue weighted by Crippen LogP contribution is -2.01. The minimum absolute atomic E-state index is 0.0498. The Kier molecular flexibility index (Phi) is 4.57. The van der Waals surface area contributed by atoms with Gasteiger partial charge in [0.25, 0.3) is 0 Å². The van der Waals surface area contributed by atoms with Gasteiger partial charge in [0, 0.05) is 11.6 Å². The van der Waals surface area contributed by atoms with Crippen molar-refractivity contribution >= 4 is 17.7 Å². The Morgan fingerprint density at radius 2 is 2.00 bits per heavy atom. The zero-order chi connectivity index (χ0) is 15.6. The van der Waals surface area contributed by atoms with Crippen LogP contribution in [0.3, 0.4) is 0 Å². The number of aromatic carboxylic acids is 1. The molecule has 4 nitrogen and oxygen atoms in total. The molecule has 0 atom stereocenters. The first-order chi connectivity index (χ1) is 9.86. The van der Waals surface area contributed by atoms with Crippen LogP contribution in [0.2, 0.25) is 0 Å². The minimum atomic E-state index is -1.08. The maximum absolute atomic E-state index is 13.8. The average molecular weight is 306 g/mol. The van der Waals surface area contributed by atoms with Crippen molar-refractivity contribution in [1.29, 1.82) is 0 Å². The normalized spacial score (nSPS) is 10.9. The maximum atomic E-state index is 13.8. The number of hydrogen-bond acceptors (Lipinski definition) is 4. The molecule has 2 rings (SSSR count). The Labute approximate surface area is 126 Å². The number of aromatic nitrogens is 2. The van der Waals surface area contributed by atoms with Gasteiger partial charge in [-0.25, -0.2) is 19.2 Å². The molecule has 0 aliphatic carbocycles. The van der Waals surface area contributed by atoms with E-state index < -0.39 is 11.8 Å². The van der Waals surface area contributed by atoms with Gasteiger partial charge in [-0.05, 0) is 31.2 Å². The van der Waals surface area contributed by atoms with Crippen molar-refractivity contribution < 1.29 is 14.3 Å². The van der Waals surface area contributed by atoms with E-state index in [4.69, 9.17) is 5.11 Å². The van der Waals surface area contributed by atoms with Crippen molar-refractivity contribution in [3.05, 3.63) is 47.2 Å². The van der Waals surface area contributed by atoms with Gasteiger partial charge in [0.1, 0.15) is 16.7 Å². The van der Waals surface area contributed by atoms with E-state index in [1.165, 1.54) is 12.1 Å². The highest BCUT2D eigenvalue weighted by Crippen LogP contribution is 2.30. The van der Waals surface area contributed by atoms with E-state index in [0.29, 0.717) is 10.9 Å². The molecular weight excluding hydrogens is 291 g/mol. The Balaban J connectivity index is 2.38. The number of carboxylic acids is 1. The second kappa shape index (κ2) is 6.22. The molecule has 0 amide bonds. The third kappa shape index (κ3) is 3.78. The van der Waals surface area contributed by atoms with Crippen molar-refractivity contribution in [3.8, 4) is 0 Å². The lowest BCUT2D eigenvalue weighted by Gasteiger charge is -2.09. The first kappa shape index (κ1) is 15.4. The topological polar surface area (TPSA) is 63.1 Å². The molecule has 0 saturated carbocycles. The summed E-state index contributed by atoms with van der Waals surface area (Å²) in [6, 6.07) is 5.47. The quantitative estimate of drug-likeness (QED) is 0.868. The molecule has 1 aromatic carbocycles. The molecule has 0 radical (unpaired) electrons. The minimum Gasteiger partial charge on any atom is -0.478 e. The van der Waals surface area contributed by atoms with E-state index in [9.17, 15) is 9.18 Å². The molecule has 0 aliphatic heterocycles. The summed E-state index contributed by atoms with van der Waals surface area (Å²) in [6.07, 6.45) is 0. The lowest BCUT2D eigenvalue weighted by molar-refractivity contribution is 0.0696. The van der Waals surface area contributed by atoms with Crippen LogP contribution in [0.25, 0.3) is 0 Å². The standard InChI is InChI=1S/C15H15FN2O2S/c1-8(2)14-17-9(3)6-13(18-14)21-12-7-10(15(19)20)4-5-11(12)16/h4-8H,1-3H3,(H,19,20). The van der Waals surface area contributed by atoms with Crippen LogP contribution in [0.15, 0.2) is 34.2 Å². The highest BCUT2D eigenvalue weighted by atomic mass is 32.2. The summed E-state index contributed by atoms with van der Waals surface area (Å²) in [5.74, 6) is -0.697. The van der Waals surface area contributed by atoms with Gasteiger partial charge in [-0.3, -0.25) is 0 Å². The number of nitrogens with zero attached hydrogens (tertiary/aromatic N) is 2. The number of hydrogen-bond donors (Lipinski definition) is 1. The van der Waals surface area contributed by atoms with E-state index in [-0.39, 0.29) is 16.4 Å². The Morgan fingerprint density at radius 1 is 1.29 bits per heavy atom. The molecule has 0 saturated heterocycles. The monoisotopic (exact) mass is 306 g/mol. The molecule has 21 heavy (non-hydrogen) atoms. The SMILES string of the molecule is Cc1cc(Sc2cc(C(=O)O)ccc2F)nc(C(C)C)n1. The van der Waals surface area contributed by atoms with Gasteiger partial charge in [0.15, 0.2) is 0 Å². The van der Waals surface area contributed by atoms with Gasteiger partial charge >= 0.3 is 5.97 Å². The third-order valence-corrected chi connectivity index (χ3v) is 3.71. The van der Waals surface area contributed by atoms with Gasteiger partial charge < -0.3 is 5.11 Å². The van der Waals surface area contributed by atoms with Crippen LogP contribution >= 0.6 is 11.8 Å². The van der Waals surface area contributed by atoms with Gasteiger partial charge in [0.2, 0.25) is 0 Å². The molecule has 0 aliphatic rings. The fourth-order valence-corrected chi connectivity index (χ4v) is 2.64. The number of benzene rings is 1. The van der Waals surface area contributed by atoms with Gasteiger partial charge in [-0.15, -0.1) is 0 Å². The largest absolute Gasteiger partial charge is 0.478 e. The van der Waals surface area contributed by atoms with Crippen LogP contribution in [0.5, 0.6) is 0 Å². The van der Waals surface area contributed by atoms with Crippen LogP contribution in [-0.4, -0.2) is 21.0 Å². The molecule has 6 heteroatoms. The van der Waals surface area contributed by atoms with Crippen LogP contribution in [0.1, 0.15) is 41.6 Å². The molecular formula is C15H15FN2O2S. The fourth-order valence-electron chi connectivity index (χ4n) is 1.70. The zero-order valence-electron chi connectivity index (χ0n) is 11.9. The van der Waals surface area contributed by atoms with E-state index in [0.717, 1.165) is 23.5 Å². The first-order valence-corrected chi connectivity index (χ1v) is 7.24. The Bertz CT molecular complexity index is 689. The number of rotatable bonds is 4. The number of carboxylic acid groups (broad SMARTS) is 1. The van der Waals surface area contributed by atoms with Crippen LogP contribution < -0.4 is 0 Å². The summed E-state index contributed by atoms with van der Waals surface area (Å²) < 4.78 is 13.8. The van der Waals surface area contributed by atoms with Gasteiger partial charge in [-0.1, -0.05) is 25.6 Å². The maximum Gasteiger partial charge on any atom is 0.335 e.